The Bertz CT molecular complexity index is 1210. The van der Waals surface area contributed by atoms with Crippen LogP contribution in [0.15, 0.2) is 115 Å². The number of carbonyl (C=O) groups is 2. The fourth-order valence-electron chi connectivity index (χ4n) is 4.32. The molecule has 4 aromatic rings. The molecule has 0 aromatic heterocycles. The highest BCUT2D eigenvalue weighted by molar-refractivity contribution is 6.09. The van der Waals surface area contributed by atoms with Crippen LogP contribution in [0.25, 0.3) is 11.1 Å². The number of hydrogen-bond acceptors (Lipinski definition) is 2. The number of nitrogens with one attached hydrogen (secondary N) is 1. The van der Waals surface area contributed by atoms with Gasteiger partial charge in [-0.05, 0) is 33.9 Å². The number of rotatable bonds is 5. The maximum absolute atomic E-state index is 13.8. The van der Waals surface area contributed by atoms with Crippen molar-refractivity contribution in [3.8, 4) is 11.1 Å². The maximum Gasteiger partial charge on any atom is 0.325 e. The van der Waals surface area contributed by atoms with Gasteiger partial charge in [-0.2, -0.15) is 0 Å². The van der Waals surface area contributed by atoms with Crippen LogP contribution >= 0.6 is 0 Å². The average molecular weight is 418 g/mol. The molecular formula is C28H22N2O2. The van der Waals surface area contributed by atoms with Crippen molar-refractivity contribution >= 4 is 11.9 Å². The van der Waals surface area contributed by atoms with Crippen molar-refractivity contribution in [2.45, 2.75) is 12.1 Å². The van der Waals surface area contributed by atoms with Crippen LogP contribution < -0.4 is 5.32 Å². The highest BCUT2D eigenvalue weighted by Crippen LogP contribution is 2.36. The van der Waals surface area contributed by atoms with Crippen LogP contribution in [0.5, 0.6) is 0 Å². The van der Waals surface area contributed by atoms with E-state index < -0.39 is 11.6 Å². The van der Waals surface area contributed by atoms with Gasteiger partial charge in [-0.15, -0.1) is 0 Å². The van der Waals surface area contributed by atoms with Gasteiger partial charge < -0.3 is 5.32 Å². The second-order valence-electron chi connectivity index (χ2n) is 7.87. The van der Waals surface area contributed by atoms with E-state index in [1.165, 1.54) is 4.90 Å². The van der Waals surface area contributed by atoms with Crippen molar-refractivity contribution in [2.75, 3.05) is 0 Å². The Labute approximate surface area is 187 Å². The first-order valence-corrected chi connectivity index (χ1v) is 10.6. The minimum absolute atomic E-state index is 0.201. The van der Waals surface area contributed by atoms with E-state index in [0.717, 1.165) is 27.8 Å². The number of imide groups is 1. The smallest absolute Gasteiger partial charge is 0.315 e. The van der Waals surface area contributed by atoms with Crippen LogP contribution in [0, 0.1) is 0 Å². The fraction of sp³-hybridized carbons (Fsp3) is 0.0714. The summed E-state index contributed by atoms with van der Waals surface area (Å²) in [6.07, 6.45) is 0. The Morgan fingerprint density at radius 1 is 0.625 bits per heavy atom. The highest BCUT2D eigenvalue weighted by atomic mass is 16.2. The zero-order valence-corrected chi connectivity index (χ0v) is 17.4. The highest BCUT2D eigenvalue weighted by Gasteiger charge is 2.53. The van der Waals surface area contributed by atoms with Gasteiger partial charge in [0.2, 0.25) is 0 Å². The summed E-state index contributed by atoms with van der Waals surface area (Å²) in [7, 11) is 0. The molecule has 0 bridgehead atoms. The van der Waals surface area contributed by atoms with E-state index in [0.29, 0.717) is 0 Å². The number of amides is 3. The zero-order chi connectivity index (χ0) is 22.0. The number of urea groups is 1. The van der Waals surface area contributed by atoms with Gasteiger partial charge in [0.1, 0.15) is 0 Å². The molecule has 0 radical (unpaired) electrons. The molecule has 0 atom stereocenters. The second kappa shape index (κ2) is 8.16. The van der Waals surface area contributed by atoms with Gasteiger partial charge in [0.15, 0.2) is 5.54 Å². The first kappa shape index (κ1) is 19.8. The summed E-state index contributed by atoms with van der Waals surface area (Å²) < 4.78 is 0. The van der Waals surface area contributed by atoms with Gasteiger partial charge >= 0.3 is 6.03 Å². The summed E-state index contributed by atoms with van der Waals surface area (Å²) in [5.74, 6) is -0.273. The lowest BCUT2D eigenvalue weighted by atomic mass is 9.82. The summed E-state index contributed by atoms with van der Waals surface area (Å²) in [6.45, 7) is 0.201. The number of nitrogens with zero attached hydrogens (tertiary/aromatic N) is 1. The minimum atomic E-state index is -1.24. The Morgan fingerprint density at radius 3 is 1.75 bits per heavy atom. The molecule has 32 heavy (non-hydrogen) atoms. The average Bonchev–Trinajstić information content (AvgIpc) is 3.11. The molecule has 1 aliphatic heterocycles. The van der Waals surface area contributed by atoms with Crippen molar-refractivity contribution in [2.24, 2.45) is 0 Å². The summed E-state index contributed by atoms with van der Waals surface area (Å²) in [6, 6.07) is 36.5. The third-order valence-corrected chi connectivity index (χ3v) is 5.89. The molecule has 0 saturated carbocycles. The van der Waals surface area contributed by atoms with Gasteiger partial charge in [-0.25, -0.2) is 4.79 Å². The standard InChI is InChI=1S/C28H22N2O2/c31-26-28(24-15-6-2-7-16-24,25-17-8-3-9-18-25)29-27(32)30(26)20-21-11-10-14-23(19-21)22-12-4-1-5-13-22/h1-19H,20H2,(H,29,32). The van der Waals surface area contributed by atoms with Crippen LogP contribution in [0.3, 0.4) is 0 Å². The summed E-state index contributed by atoms with van der Waals surface area (Å²) in [5, 5.41) is 3.00. The summed E-state index contributed by atoms with van der Waals surface area (Å²) in [4.78, 5) is 28.3. The molecule has 4 nitrogen and oxygen atoms in total. The molecular weight excluding hydrogens is 396 g/mol. The van der Waals surface area contributed by atoms with Crippen LogP contribution in [-0.2, 0) is 16.9 Å². The van der Waals surface area contributed by atoms with Gasteiger partial charge in [0.25, 0.3) is 5.91 Å². The summed E-state index contributed by atoms with van der Waals surface area (Å²) in [5.41, 5.74) is 3.28. The fourth-order valence-corrected chi connectivity index (χ4v) is 4.32. The van der Waals surface area contributed by atoms with E-state index in [4.69, 9.17) is 0 Å². The quantitative estimate of drug-likeness (QED) is 0.444. The molecule has 1 N–H and O–H groups in total. The third-order valence-electron chi connectivity index (χ3n) is 5.89. The molecule has 3 amide bonds. The van der Waals surface area contributed by atoms with Gasteiger partial charge in [-0.1, -0.05) is 109 Å². The number of benzene rings is 4. The van der Waals surface area contributed by atoms with Crippen LogP contribution in [0.4, 0.5) is 4.79 Å². The molecule has 1 fully saturated rings. The predicted molar refractivity (Wildman–Crippen MR) is 125 cm³/mol. The van der Waals surface area contributed by atoms with E-state index in [1.807, 2.05) is 115 Å². The summed E-state index contributed by atoms with van der Waals surface area (Å²) >= 11 is 0. The predicted octanol–water partition coefficient (Wildman–Crippen LogP) is 5.35. The Kier molecular flexibility index (Phi) is 5.04. The first-order chi connectivity index (χ1) is 15.7. The Balaban J connectivity index is 1.52. The lowest BCUT2D eigenvalue weighted by Crippen LogP contribution is -2.45. The SMILES string of the molecule is O=C1NC(c2ccccc2)(c2ccccc2)C(=O)N1Cc1cccc(-c2ccccc2)c1. The number of hydrogen-bond donors (Lipinski definition) is 1. The molecule has 1 heterocycles. The molecule has 1 saturated heterocycles. The van der Waals surface area contributed by atoms with Crippen LogP contribution in [-0.4, -0.2) is 16.8 Å². The van der Waals surface area contributed by atoms with Crippen LogP contribution in [0.1, 0.15) is 16.7 Å². The van der Waals surface area contributed by atoms with Gasteiger partial charge in [0.05, 0.1) is 6.54 Å². The second-order valence-corrected chi connectivity index (χ2v) is 7.87. The van der Waals surface area contributed by atoms with E-state index in [9.17, 15) is 9.59 Å². The van der Waals surface area contributed by atoms with Gasteiger partial charge in [-0.3, -0.25) is 9.69 Å². The van der Waals surface area contributed by atoms with E-state index in [-0.39, 0.29) is 12.5 Å². The zero-order valence-electron chi connectivity index (χ0n) is 17.4. The van der Waals surface area contributed by atoms with E-state index in [2.05, 4.69) is 5.32 Å². The molecule has 4 heteroatoms. The molecule has 0 aliphatic carbocycles. The Morgan fingerprint density at radius 2 is 1.16 bits per heavy atom. The van der Waals surface area contributed by atoms with E-state index >= 15 is 0 Å². The first-order valence-electron chi connectivity index (χ1n) is 10.6. The largest absolute Gasteiger partial charge is 0.325 e. The molecule has 156 valence electrons. The van der Waals surface area contributed by atoms with Crippen molar-refractivity contribution < 1.29 is 9.59 Å². The van der Waals surface area contributed by atoms with Crippen LogP contribution in [0.2, 0.25) is 0 Å². The maximum atomic E-state index is 13.8. The van der Waals surface area contributed by atoms with Crippen molar-refractivity contribution in [1.29, 1.82) is 0 Å². The van der Waals surface area contributed by atoms with Crippen molar-refractivity contribution in [3.05, 3.63) is 132 Å². The van der Waals surface area contributed by atoms with Crippen molar-refractivity contribution in [1.82, 2.24) is 10.2 Å². The molecule has 0 spiro atoms. The molecule has 1 aliphatic rings. The molecule has 4 aromatic carbocycles. The molecule has 0 unspecified atom stereocenters. The third kappa shape index (κ3) is 3.36. The topological polar surface area (TPSA) is 49.4 Å². The van der Waals surface area contributed by atoms with Crippen molar-refractivity contribution in [3.63, 3.8) is 0 Å². The normalized spacial score (nSPS) is 14.9. The van der Waals surface area contributed by atoms with E-state index in [1.54, 1.807) is 0 Å². The molecule has 5 rings (SSSR count). The lowest BCUT2D eigenvalue weighted by Gasteiger charge is -2.28. The lowest BCUT2D eigenvalue weighted by molar-refractivity contribution is -0.130. The monoisotopic (exact) mass is 418 g/mol. The van der Waals surface area contributed by atoms with Gasteiger partial charge in [0, 0.05) is 0 Å². The minimum Gasteiger partial charge on any atom is -0.315 e. The number of carbonyl (C=O) groups excluding carboxylic acids is 2. The Hall–Kier alpha value is -4.18.